The first-order valence-electron chi connectivity index (χ1n) is 11.8. The Balaban J connectivity index is 1.48. The molecular formula is C28H28F2N2O2. The molecule has 2 aromatic rings. The Morgan fingerprint density at radius 2 is 1.79 bits per heavy atom. The van der Waals surface area contributed by atoms with Gasteiger partial charge in [-0.1, -0.05) is 12.2 Å². The Bertz CT molecular complexity index is 1190. The Morgan fingerprint density at radius 1 is 1.03 bits per heavy atom. The number of benzene rings is 2. The summed E-state index contributed by atoms with van der Waals surface area (Å²) in [5.74, 6) is -0.221. The molecule has 1 saturated heterocycles. The summed E-state index contributed by atoms with van der Waals surface area (Å²) in [4.78, 5) is 15.6. The lowest BCUT2D eigenvalue weighted by atomic mass is 9.93. The number of nitrogens with one attached hydrogen (secondary N) is 1. The fourth-order valence-corrected chi connectivity index (χ4v) is 5.02. The highest BCUT2D eigenvalue weighted by molar-refractivity contribution is 6.25. The molecule has 1 aliphatic carbocycles. The van der Waals surface area contributed by atoms with Gasteiger partial charge in [-0.15, -0.1) is 0 Å². The van der Waals surface area contributed by atoms with E-state index in [-0.39, 0.29) is 5.78 Å². The minimum Gasteiger partial charge on any atom is -0.494 e. The number of allylic oxidation sites excluding steroid dienone is 3. The van der Waals surface area contributed by atoms with Gasteiger partial charge in [0.15, 0.2) is 5.78 Å². The topological polar surface area (TPSA) is 41.6 Å². The van der Waals surface area contributed by atoms with Crippen LogP contribution in [0.25, 0.3) is 5.57 Å². The number of carbonyl (C=O) groups is 1. The number of rotatable bonds is 6. The van der Waals surface area contributed by atoms with E-state index in [0.29, 0.717) is 46.1 Å². The fourth-order valence-electron chi connectivity index (χ4n) is 5.02. The zero-order valence-corrected chi connectivity index (χ0v) is 19.2. The first-order chi connectivity index (χ1) is 16.5. The molecule has 0 radical (unpaired) electrons. The number of nitrogens with zero attached hydrogens (tertiary/aromatic N) is 1. The van der Waals surface area contributed by atoms with Crippen molar-refractivity contribution >= 4 is 11.4 Å². The van der Waals surface area contributed by atoms with Gasteiger partial charge in [-0.05, 0) is 79.7 Å². The molecule has 2 heterocycles. The summed E-state index contributed by atoms with van der Waals surface area (Å²) in [7, 11) is 1.92. The Morgan fingerprint density at radius 3 is 2.53 bits per heavy atom. The average Bonchev–Trinajstić information content (AvgIpc) is 3.11. The van der Waals surface area contributed by atoms with Crippen molar-refractivity contribution in [1.82, 2.24) is 10.2 Å². The van der Waals surface area contributed by atoms with Crippen LogP contribution in [0.1, 0.15) is 40.7 Å². The number of ether oxygens (including phenoxy) is 1. The number of fused-ring (bicyclic) bond motifs is 1. The molecule has 2 aromatic carbocycles. The molecule has 0 saturated carbocycles. The van der Waals surface area contributed by atoms with E-state index in [1.807, 2.05) is 42.4 Å². The van der Waals surface area contributed by atoms with E-state index in [4.69, 9.17) is 4.74 Å². The standard InChI is InChI=1S/C28H28F2N2O2/c1-32-11-2-3-19(17-32)27-26(20-13-21(29)15-22(30)14-20)24-5-4-23(16-25(24)28(27)33)34-12-8-18-6-9-31-10-7-18/h2-5,13-18,31H,6-12H2,1H3. The maximum Gasteiger partial charge on any atom is 0.195 e. The number of ketones is 1. The number of carbonyl (C=O) groups excluding carboxylic acids is 1. The van der Waals surface area contributed by atoms with Crippen LogP contribution in [0, 0.1) is 17.6 Å². The van der Waals surface area contributed by atoms with E-state index < -0.39 is 11.6 Å². The van der Waals surface area contributed by atoms with Gasteiger partial charge in [0.05, 0.1) is 6.61 Å². The largest absolute Gasteiger partial charge is 0.494 e. The molecule has 0 unspecified atom stereocenters. The second kappa shape index (κ2) is 9.55. The second-order valence-corrected chi connectivity index (χ2v) is 9.20. The number of hydrogen-bond donors (Lipinski definition) is 1. The van der Waals surface area contributed by atoms with Crippen molar-refractivity contribution in [2.45, 2.75) is 19.3 Å². The Kier molecular flexibility index (Phi) is 6.33. The molecule has 34 heavy (non-hydrogen) atoms. The van der Waals surface area contributed by atoms with Gasteiger partial charge in [-0.3, -0.25) is 4.79 Å². The molecule has 2 aliphatic heterocycles. The van der Waals surface area contributed by atoms with Gasteiger partial charge >= 0.3 is 0 Å². The molecule has 5 rings (SSSR count). The summed E-state index contributed by atoms with van der Waals surface area (Å²) in [5.41, 5.74) is 3.24. The van der Waals surface area contributed by atoms with Crippen LogP contribution >= 0.6 is 0 Å². The lowest BCUT2D eigenvalue weighted by molar-refractivity contribution is 0.104. The highest BCUT2D eigenvalue weighted by atomic mass is 19.1. The van der Waals surface area contributed by atoms with Crippen molar-refractivity contribution in [3.8, 4) is 5.75 Å². The van der Waals surface area contributed by atoms with Crippen molar-refractivity contribution < 1.29 is 18.3 Å². The molecule has 6 heteroatoms. The summed E-state index contributed by atoms with van der Waals surface area (Å²) >= 11 is 0. The third-order valence-corrected chi connectivity index (χ3v) is 6.73. The van der Waals surface area contributed by atoms with Crippen molar-refractivity contribution in [3.05, 3.63) is 94.2 Å². The molecular weight excluding hydrogens is 434 g/mol. The van der Waals surface area contributed by atoms with E-state index >= 15 is 0 Å². The van der Waals surface area contributed by atoms with Crippen LogP contribution in [0.15, 0.2) is 65.9 Å². The molecule has 0 spiro atoms. The van der Waals surface area contributed by atoms with Gasteiger partial charge in [0.2, 0.25) is 0 Å². The Labute approximate surface area is 198 Å². The predicted molar refractivity (Wildman–Crippen MR) is 129 cm³/mol. The lowest BCUT2D eigenvalue weighted by Crippen LogP contribution is -2.28. The molecule has 176 valence electrons. The zero-order chi connectivity index (χ0) is 23.7. The monoisotopic (exact) mass is 462 g/mol. The van der Waals surface area contributed by atoms with Crippen LogP contribution in [-0.4, -0.2) is 44.0 Å². The zero-order valence-electron chi connectivity index (χ0n) is 19.2. The SMILES string of the molecule is CN1C=C(C2=C(c3cc(F)cc(F)c3)c3ccc(OCCC4CCNCC4)cc3C2=O)C=CC1. The molecule has 4 nitrogen and oxygen atoms in total. The quantitative estimate of drug-likeness (QED) is 0.647. The molecule has 0 aromatic heterocycles. The summed E-state index contributed by atoms with van der Waals surface area (Å²) in [5, 5.41) is 3.37. The van der Waals surface area contributed by atoms with Gasteiger partial charge < -0.3 is 15.0 Å². The van der Waals surface area contributed by atoms with E-state index in [2.05, 4.69) is 5.32 Å². The number of Topliss-reactive ketones (excluding diaryl/α,β-unsaturated/α-hetero) is 1. The second-order valence-electron chi connectivity index (χ2n) is 9.20. The highest BCUT2D eigenvalue weighted by Gasteiger charge is 2.33. The predicted octanol–water partition coefficient (Wildman–Crippen LogP) is 5.12. The first-order valence-corrected chi connectivity index (χ1v) is 11.8. The van der Waals surface area contributed by atoms with Crippen LogP contribution in [0.5, 0.6) is 5.75 Å². The van der Waals surface area contributed by atoms with Crippen molar-refractivity contribution in [2.24, 2.45) is 5.92 Å². The van der Waals surface area contributed by atoms with E-state index in [0.717, 1.165) is 50.5 Å². The van der Waals surface area contributed by atoms with Crippen molar-refractivity contribution in [3.63, 3.8) is 0 Å². The average molecular weight is 463 g/mol. The van der Waals surface area contributed by atoms with Crippen LogP contribution in [0.3, 0.4) is 0 Å². The third-order valence-electron chi connectivity index (χ3n) is 6.73. The van der Waals surface area contributed by atoms with Gasteiger partial charge in [-0.2, -0.15) is 0 Å². The third kappa shape index (κ3) is 4.55. The van der Waals surface area contributed by atoms with Crippen LogP contribution in [0.4, 0.5) is 8.78 Å². The maximum atomic E-state index is 14.1. The minimum absolute atomic E-state index is 0.162. The van der Waals surface area contributed by atoms with Gasteiger partial charge in [0.25, 0.3) is 0 Å². The first kappa shape index (κ1) is 22.5. The maximum absolute atomic E-state index is 14.1. The van der Waals surface area contributed by atoms with Gasteiger partial charge in [0, 0.05) is 48.1 Å². The summed E-state index contributed by atoms with van der Waals surface area (Å²) in [6, 6.07) is 8.83. The van der Waals surface area contributed by atoms with Gasteiger partial charge in [0.1, 0.15) is 17.4 Å². The van der Waals surface area contributed by atoms with Crippen molar-refractivity contribution in [2.75, 3.05) is 33.3 Å². The highest BCUT2D eigenvalue weighted by Crippen LogP contribution is 2.43. The van der Waals surface area contributed by atoms with Crippen LogP contribution < -0.4 is 10.1 Å². The molecule has 1 fully saturated rings. The molecule has 0 bridgehead atoms. The molecule has 3 aliphatic rings. The summed E-state index contributed by atoms with van der Waals surface area (Å²) in [6.45, 7) is 3.43. The number of halogens is 2. The van der Waals surface area contributed by atoms with E-state index in [9.17, 15) is 13.6 Å². The minimum atomic E-state index is -0.675. The number of likely N-dealkylation sites (N-methyl/N-ethyl adjacent to an activating group) is 1. The van der Waals surface area contributed by atoms with Crippen LogP contribution in [0.2, 0.25) is 0 Å². The molecule has 1 N–H and O–H groups in total. The van der Waals surface area contributed by atoms with Crippen LogP contribution in [-0.2, 0) is 0 Å². The van der Waals surface area contributed by atoms with Gasteiger partial charge in [-0.25, -0.2) is 8.78 Å². The molecule has 0 amide bonds. The Hall–Kier alpha value is -3.25. The molecule has 0 atom stereocenters. The lowest BCUT2D eigenvalue weighted by Gasteiger charge is -2.22. The van der Waals surface area contributed by atoms with E-state index in [1.54, 1.807) is 6.07 Å². The van der Waals surface area contributed by atoms with Crippen molar-refractivity contribution in [1.29, 1.82) is 0 Å². The number of piperidine rings is 1. The smallest absolute Gasteiger partial charge is 0.195 e. The normalized spacial score (nSPS) is 18.4. The summed E-state index contributed by atoms with van der Waals surface area (Å²) < 4.78 is 34.3. The fraction of sp³-hybridized carbons (Fsp3) is 0.321. The number of hydrogen-bond acceptors (Lipinski definition) is 4. The summed E-state index contributed by atoms with van der Waals surface area (Å²) in [6.07, 6.45) is 9.05. The van der Waals surface area contributed by atoms with E-state index in [1.165, 1.54) is 12.1 Å².